The van der Waals surface area contributed by atoms with Crippen molar-refractivity contribution in [1.29, 1.82) is 0 Å². The van der Waals surface area contributed by atoms with Gasteiger partial charge in [0.2, 0.25) is 0 Å². The normalized spacial score (nSPS) is 17.1. The minimum atomic E-state index is -0.961. The third-order valence-electron chi connectivity index (χ3n) is 3.16. The predicted octanol–water partition coefficient (Wildman–Crippen LogP) is 1.21. The summed E-state index contributed by atoms with van der Waals surface area (Å²) in [5, 5.41) is 2.53. The first-order chi connectivity index (χ1) is 9.35. The number of carbonyl (C=O) groups excluding carboxylic acids is 3. The molecule has 1 aliphatic rings. The molecular weight excluding hydrogens is 260 g/mol. The van der Waals surface area contributed by atoms with Crippen molar-refractivity contribution in [2.75, 3.05) is 13.7 Å². The van der Waals surface area contributed by atoms with Crippen LogP contribution in [0.3, 0.4) is 0 Å². The largest absolute Gasteiger partial charge is 0.497 e. The van der Waals surface area contributed by atoms with Crippen molar-refractivity contribution in [1.82, 2.24) is 10.2 Å². The first-order valence-electron chi connectivity index (χ1n) is 6.16. The minimum Gasteiger partial charge on any atom is -0.497 e. The number of ether oxygens (including phenoxy) is 1. The molecule has 3 amide bonds. The van der Waals surface area contributed by atoms with Crippen LogP contribution in [0.2, 0.25) is 0 Å². The van der Waals surface area contributed by atoms with Crippen molar-refractivity contribution in [3.63, 3.8) is 0 Å². The van der Waals surface area contributed by atoms with Gasteiger partial charge in [-0.05, 0) is 38.1 Å². The van der Waals surface area contributed by atoms with Crippen molar-refractivity contribution in [2.45, 2.75) is 19.4 Å². The Labute approximate surface area is 116 Å². The number of carbonyl (C=O) groups is 3. The molecule has 0 spiro atoms. The lowest BCUT2D eigenvalue weighted by molar-refractivity contribution is -0.129. The molecule has 0 unspecified atom stereocenters. The molecule has 1 N–H and O–H groups in total. The molecule has 1 fully saturated rings. The number of urea groups is 1. The van der Waals surface area contributed by atoms with E-state index >= 15 is 0 Å². The van der Waals surface area contributed by atoms with Gasteiger partial charge in [0.05, 0.1) is 13.7 Å². The van der Waals surface area contributed by atoms with Crippen LogP contribution < -0.4 is 10.1 Å². The van der Waals surface area contributed by atoms with Crippen LogP contribution in [0.4, 0.5) is 4.79 Å². The van der Waals surface area contributed by atoms with Gasteiger partial charge in [0.1, 0.15) is 11.3 Å². The molecule has 106 valence electrons. The summed E-state index contributed by atoms with van der Waals surface area (Å²) < 4.78 is 5.00. The molecule has 2 rings (SSSR count). The third kappa shape index (κ3) is 2.49. The Morgan fingerprint density at radius 2 is 1.85 bits per heavy atom. The number of ketones is 1. The number of hydrogen-bond acceptors (Lipinski definition) is 4. The van der Waals surface area contributed by atoms with Crippen molar-refractivity contribution in [3.8, 4) is 5.75 Å². The number of hydrogen-bond donors (Lipinski definition) is 1. The van der Waals surface area contributed by atoms with Crippen LogP contribution in [0.5, 0.6) is 5.75 Å². The van der Waals surface area contributed by atoms with Crippen molar-refractivity contribution in [3.05, 3.63) is 29.8 Å². The lowest BCUT2D eigenvalue weighted by atomic mass is 10.1. The van der Waals surface area contributed by atoms with Gasteiger partial charge in [-0.3, -0.25) is 14.5 Å². The molecule has 6 nitrogen and oxygen atoms in total. The maximum Gasteiger partial charge on any atom is 0.325 e. The zero-order chi connectivity index (χ0) is 14.9. The standard InChI is InChI=1S/C14H16N2O4/c1-14(2)12(18)16(13(19)15-14)8-11(17)9-4-6-10(20-3)7-5-9/h4-7H,8H2,1-3H3,(H,15,19). The Bertz CT molecular complexity index is 563. The van der Waals surface area contributed by atoms with E-state index < -0.39 is 17.5 Å². The molecular formula is C14H16N2O4. The molecule has 6 heteroatoms. The Morgan fingerprint density at radius 1 is 1.25 bits per heavy atom. The first-order valence-corrected chi connectivity index (χ1v) is 6.16. The van der Waals surface area contributed by atoms with Crippen LogP contribution >= 0.6 is 0 Å². The van der Waals surface area contributed by atoms with Crippen LogP contribution in [0, 0.1) is 0 Å². The second-order valence-corrected chi connectivity index (χ2v) is 5.10. The highest BCUT2D eigenvalue weighted by Gasteiger charge is 2.44. The Morgan fingerprint density at radius 3 is 2.30 bits per heavy atom. The van der Waals surface area contributed by atoms with Gasteiger partial charge in [0, 0.05) is 5.56 Å². The SMILES string of the molecule is COc1ccc(C(=O)CN2C(=O)NC(C)(C)C2=O)cc1. The Hall–Kier alpha value is -2.37. The molecule has 1 aromatic rings. The van der Waals surface area contributed by atoms with Gasteiger partial charge in [0.25, 0.3) is 5.91 Å². The number of nitrogens with zero attached hydrogens (tertiary/aromatic N) is 1. The van der Waals surface area contributed by atoms with Gasteiger partial charge in [-0.25, -0.2) is 4.79 Å². The summed E-state index contributed by atoms with van der Waals surface area (Å²) in [5.41, 5.74) is -0.534. The highest BCUT2D eigenvalue weighted by Crippen LogP contribution is 2.18. The zero-order valence-corrected chi connectivity index (χ0v) is 11.6. The topological polar surface area (TPSA) is 75.7 Å². The quantitative estimate of drug-likeness (QED) is 0.662. The molecule has 0 radical (unpaired) electrons. The maximum absolute atomic E-state index is 12.1. The van der Waals surface area contributed by atoms with Crippen LogP contribution in [-0.2, 0) is 4.79 Å². The predicted molar refractivity (Wildman–Crippen MR) is 71.6 cm³/mol. The average molecular weight is 276 g/mol. The summed E-state index contributed by atoms with van der Waals surface area (Å²) >= 11 is 0. The van der Waals surface area contributed by atoms with E-state index in [9.17, 15) is 14.4 Å². The van der Waals surface area contributed by atoms with Gasteiger partial charge in [-0.2, -0.15) is 0 Å². The van der Waals surface area contributed by atoms with Gasteiger partial charge < -0.3 is 10.1 Å². The first kappa shape index (κ1) is 14.0. The van der Waals surface area contributed by atoms with E-state index in [2.05, 4.69) is 5.32 Å². The lowest BCUT2D eigenvalue weighted by Gasteiger charge is -2.15. The summed E-state index contributed by atoms with van der Waals surface area (Å²) in [6.45, 7) is 2.94. The van der Waals surface area contributed by atoms with E-state index in [1.165, 1.54) is 7.11 Å². The average Bonchev–Trinajstić information content (AvgIpc) is 2.61. The molecule has 1 aromatic carbocycles. The van der Waals surface area contributed by atoms with Crippen LogP contribution in [0.1, 0.15) is 24.2 Å². The fraction of sp³-hybridized carbons (Fsp3) is 0.357. The van der Waals surface area contributed by atoms with Crippen LogP contribution in [-0.4, -0.2) is 41.8 Å². The Balaban J connectivity index is 2.11. The number of Topliss-reactive ketones (excluding diaryl/α,β-unsaturated/α-hetero) is 1. The van der Waals surface area contributed by atoms with Gasteiger partial charge in [-0.1, -0.05) is 0 Å². The molecule has 20 heavy (non-hydrogen) atoms. The molecule has 0 aliphatic carbocycles. The van der Waals surface area contributed by atoms with Gasteiger partial charge in [-0.15, -0.1) is 0 Å². The number of methoxy groups -OCH3 is 1. The molecule has 0 saturated carbocycles. The van der Waals surface area contributed by atoms with E-state index in [0.29, 0.717) is 11.3 Å². The lowest BCUT2D eigenvalue weighted by Crippen LogP contribution is -2.41. The van der Waals surface area contributed by atoms with Crippen molar-refractivity contribution >= 4 is 17.7 Å². The molecule has 0 atom stereocenters. The minimum absolute atomic E-state index is 0.263. The van der Waals surface area contributed by atoms with Crippen molar-refractivity contribution in [2.24, 2.45) is 0 Å². The second-order valence-electron chi connectivity index (χ2n) is 5.10. The van der Waals surface area contributed by atoms with Crippen LogP contribution in [0.15, 0.2) is 24.3 Å². The highest BCUT2D eigenvalue weighted by molar-refractivity contribution is 6.10. The van der Waals surface area contributed by atoms with E-state index in [1.54, 1.807) is 38.1 Å². The molecule has 1 saturated heterocycles. The summed E-state index contributed by atoms with van der Waals surface area (Å²) in [6.07, 6.45) is 0. The smallest absolute Gasteiger partial charge is 0.325 e. The monoisotopic (exact) mass is 276 g/mol. The number of benzene rings is 1. The summed E-state index contributed by atoms with van der Waals surface area (Å²) in [7, 11) is 1.53. The Kier molecular flexibility index (Phi) is 3.48. The van der Waals surface area contributed by atoms with Gasteiger partial charge in [0.15, 0.2) is 5.78 Å². The van der Waals surface area contributed by atoms with E-state index in [-0.39, 0.29) is 12.3 Å². The van der Waals surface area contributed by atoms with Crippen molar-refractivity contribution < 1.29 is 19.1 Å². The molecule has 1 heterocycles. The van der Waals surface area contributed by atoms with E-state index in [4.69, 9.17) is 4.74 Å². The van der Waals surface area contributed by atoms with E-state index in [1.807, 2.05) is 0 Å². The fourth-order valence-electron chi connectivity index (χ4n) is 1.97. The number of imide groups is 1. The maximum atomic E-state index is 12.1. The molecule has 0 bridgehead atoms. The third-order valence-corrected chi connectivity index (χ3v) is 3.16. The summed E-state index contributed by atoms with van der Waals surface area (Å²) in [6, 6.07) is 5.98. The number of nitrogens with one attached hydrogen (secondary N) is 1. The second kappa shape index (κ2) is 4.96. The molecule has 0 aromatic heterocycles. The van der Waals surface area contributed by atoms with Gasteiger partial charge >= 0.3 is 6.03 Å². The zero-order valence-electron chi connectivity index (χ0n) is 11.6. The van der Waals surface area contributed by atoms with Crippen LogP contribution in [0.25, 0.3) is 0 Å². The molecule has 1 aliphatic heterocycles. The summed E-state index contributed by atoms with van der Waals surface area (Å²) in [4.78, 5) is 36.7. The fourth-order valence-corrected chi connectivity index (χ4v) is 1.97. The number of rotatable bonds is 4. The van der Waals surface area contributed by atoms with E-state index in [0.717, 1.165) is 4.90 Å². The number of amides is 3. The highest BCUT2D eigenvalue weighted by atomic mass is 16.5. The summed E-state index contributed by atoms with van der Waals surface area (Å²) in [5.74, 6) is -0.0594.